The number of anilines is 4. The van der Waals surface area contributed by atoms with Gasteiger partial charge < -0.3 is 20.9 Å². The first-order chi connectivity index (χ1) is 16.0. The predicted molar refractivity (Wildman–Crippen MR) is 133 cm³/mol. The number of benzene rings is 3. The van der Waals surface area contributed by atoms with Crippen molar-refractivity contribution in [2.24, 2.45) is 0 Å². The topological polar surface area (TPSA) is 90.5 Å². The maximum Gasteiger partial charge on any atom is 0.258 e. The van der Waals surface area contributed by atoms with Crippen LogP contribution in [0.1, 0.15) is 30.1 Å². The summed E-state index contributed by atoms with van der Waals surface area (Å²) in [6.07, 6.45) is 1.27. The lowest BCUT2D eigenvalue weighted by molar-refractivity contribution is -0.116. The van der Waals surface area contributed by atoms with Gasteiger partial charge in [-0.25, -0.2) is 0 Å². The first-order valence-electron chi connectivity index (χ1n) is 10.8. The van der Waals surface area contributed by atoms with Crippen molar-refractivity contribution < 1.29 is 14.4 Å². The number of nitrogens with one attached hydrogen (secondary N) is 3. The molecule has 0 aliphatic rings. The zero-order valence-corrected chi connectivity index (χ0v) is 18.8. The van der Waals surface area contributed by atoms with Crippen molar-refractivity contribution in [2.45, 2.75) is 19.8 Å². The van der Waals surface area contributed by atoms with Crippen LogP contribution in [-0.4, -0.2) is 31.3 Å². The Kier molecular flexibility index (Phi) is 8.18. The number of para-hydroxylation sites is 1. The molecule has 7 heteroatoms. The largest absolute Gasteiger partial charge is 0.376 e. The van der Waals surface area contributed by atoms with E-state index in [1.54, 1.807) is 60.5 Å². The van der Waals surface area contributed by atoms with E-state index in [0.29, 0.717) is 23.4 Å². The summed E-state index contributed by atoms with van der Waals surface area (Å²) in [5, 5.41) is 8.68. The molecule has 3 aromatic carbocycles. The quantitative estimate of drug-likeness (QED) is 0.444. The molecule has 0 aliphatic heterocycles. The molecule has 0 saturated carbocycles. The second-order valence-electron chi connectivity index (χ2n) is 7.56. The van der Waals surface area contributed by atoms with E-state index in [-0.39, 0.29) is 24.3 Å². The summed E-state index contributed by atoms with van der Waals surface area (Å²) < 4.78 is 0. The predicted octanol–water partition coefficient (Wildman–Crippen LogP) is 4.75. The van der Waals surface area contributed by atoms with E-state index >= 15 is 0 Å². The first-order valence-corrected chi connectivity index (χ1v) is 10.8. The smallest absolute Gasteiger partial charge is 0.258 e. The SMILES string of the molecule is CCCC(=O)Nc1ccc(NCC(=O)Nc2cccc(C(=O)N(C)c3ccccc3)c2)cc1. The molecule has 0 radical (unpaired) electrons. The molecular weight excluding hydrogens is 416 g/mol. The average molecular weight is 445 g/mol. The van der Waals surface area contributed by atoms with E-state index < -0.39 is 0 Å². The van der Waals surface area contributed by atoms with E-state index in [1.807, 2.05) is 37.3 Å². The van der Waals surface area contributed by atoms with Gasteiger partial charge in [0.15, 0.2) is 0 Å². The summed E-state index contributed by atoms with van der Waals surface area (Å²) in [7, 11) is 1.72. The fourth-order valence-corrected chi connectivity index (χ4v) is 3.20. The number of rotatable bonds is 9. The first kappa shape index (κ1) is 23.5. The van der Waals surface area contributed by atoms with Crippen molar-refractivity contribution >= 4 is 40.5 Å². The maximum absolute atomic E-state index is 12.8. The second-order valence-corrected chi connectivity index (χ2v) is 7.56. The molecule has 0 heterocycles. The third kappa shape index (κ3) is 6.93. The molecule has 3 amide bonds. The molecule has 3 rings (SSSR count). The van der Waals surface area contributed by atoms with Gasteiger partial charge in [-0.2, -0.15) is 0 Å². The van der Waals surface area contributed by atoms with Crippen LogP contribution >= 0.6 is 0 Å². The highest BCUT2D eigenvalue weighted by Crippen LogP contribution is 2.18. The number of hydrogen-bond donors (Lipinski definition) is 3. The summed E-state index contributed by atoms with van der Waals surface area (Å²) in [6, 6.07) is 23.4. The molecule has 0 saturated heterocycles. The zero-order valence-electron chi connectivity index (χ0n) is 18.8. The fraction of sp³-hybridized carbons (Fsp3) is 0.192. The lowest BCUT2D eigenvalue weighted by Crippen LogP contribution is -2.26. The lowest BCUT2D eigenvalue weighted by atomic mass is 10.1. The Hall–Kier alpha value is -4.13. The minimum atomic E-state index is -0.240. The molecule has 33 heavy (non-hydrogen) atoms. The van der Waals surface area contributed by atoms with E-state index in [4.69, 9.17) is 0 Å². The van der Waals surface area contributed by atoms with Crippen molar-refractivity contribution in [2.75, 3.05) is 34.4 Å². The van der Waals surface area contributed by atoms with Gasteiger partial charge in [-0.05, 0) is 61.0 Å². The maximum atomic E-state index is 12.8. The number of hydrogen-bond acceptors (Lipinski definition) is 4. The summed E-state index contributed by atoms with van der Waals surface area (Å²) in [4.78, 5) is 38.4. The highest BCUT2D eigenvalue weighted by atomic mass is 16.2. The Bertz CT molecular complexity index is 1100. The standard InChI is InChI=1S/C26H28N4O3/c1-3-8-24(31)28-21-15-13-20(14-16-21)27-18-25(32)29-22-10-7-9-19(17-22)26(33)30(2)23-11-5-4-6-12-23/h4-7,9-17,27H,3,8,18H2,1-2H3,(H,28,31)(H,29,32). The van der Waals surface area contributed by atoms with Crippen molar-refractivity contribution in [3.05, 3.63) is 84.4 Å². The van der Waals surface area contributed by atoms with Crippen LogP contribution in [0.15, 0.2) is 78.9 Å². The third-order valence-electron chi connectivity index (χ3n) is 4.94. The molecule has 0 fully saturated rings. The van der Waals surface area contributed by atoms with Crippen LogP contribution in [0.25, 0.3) is 0 Å². The molecule has 170 valence electrons. The van der Waals surface area contributed by atoms with E-state index in [1.165, 1.54) is 0 Å². The number of carbonyl (C=O) groups is 3. The lowest BCUT2D eigenvalue weighted by Gasteiger charge is -2.17. The van der Waals surface area contributed by atoms with Crippen molar-refractivity contribution in [3.8, 4) is 0 Å². The normalized spacial score (nSPS) is 10.2. The van der Waals surface area contributed by atoms with Crippen molar-refractivity contribution in [3.63, 3.8) is 0 Å². The summed E-state index contributed by atoms with van der Waals surface area (Å²) in [5.41, 5.74) is 3.28. The van der Waals surface area contributed by atoms with Gasteiger partial charge in [-0.1, -0.05) is 31.2 Å². The Labute approximate surface area is 193 Å². The van der Waals surface area contributed by atoms with E-state index in [0.717, 1.165) is 17.8 Å². The Balaban J connectivity index is 1.53. The van der Waals surface area contributed by atoms with Gasteiger partial charge in [0.25, 0.3) is 5.91 Å². The van der Waals surface area contributed by atoms with Gasteiger partial charge in [-0.15, -0.1) is 0 Å². The molecule has 0 unspecified atom stereocenters. The van der Waals surface area contributed by atoms with Crippen molar-refractivity contribution in [1.29, 1.82) is 0 Å². The summed E-state index contributed by atoms with van der Waals surface area (Å²) in [6.45, 7) is 2.01. The highest BCUT2D eigenvalue weighted by Gasteiger charge is 2.14. The van der Waals surface area contributed by atoms with Crippen LogP contribution in [0.5, 0.6) is 0 Å². The van der Waals surface area contributed by atoms with Gasteiger partial charge in [0.05, 0.1) is 6.54 Å². The molecule has 0 bridgehead atoms. The highest BCUT2D eigenvalue weighted by molar-refractivity contribution is 6.06. The fourth-order valence-electron chi connectivity index (χ4n) is 3.20. The molecule has 7 nitrogen and oxygen atoms in total. The summed E-state index contributed by atoms with van der Waals surface area (Å²) >= 11 is 0. The van der Waals surface area contributed by atoms with Crippen LogP contribution in [-0.2, 0) is 9.59 Å². The molecule has 0 spiro atoms. The van der Waals surface area contributed by atoms with E-state index in [9.17, 15) is 14.4 Å². The van der Waals surface area contributed by atoms with Gasteiger partial charge in [-0.3, -0.25) is 14.4 Å². The van der Waals surface area contributed by atoms with Crippen LogP contribution in [0, 0.1) is 0 Å². The van der Waals surface area contributed by atoms with Crippen LogP contribution < -0.4 is 20.9 Å². The second kappa shape index (κ2) is 11.5. The number of nitrogens with zero attached hydrogens (tertiary/aromatic N) is 1. The molecule has 0 atom stereocenters. The van der Waals surface area contributed by atoms with Crippen LogP contribution in [0.4, 0.5) is 22.7 Å². The monoisotopic (exact) mass is 444 g/mol. The van der Waals surface area contributed by atoms with Gasteiger partial charge in [0.1, 0.15) is 0 Å². The zero-order chi connectivity index (χ0) is 23.6. The molecular formula is C26H28N4O3. The van der Waals surface area contributed by atoms with Crippen LogP contribution in [0.3, 0.4) is 0 Å². The van der Waals surface area contributed by atoms with Gasteiger partial charge in [0.2, 0.25) is 11.8 Å². The molecule has 3 aromatic rings. The summed E-state index contributed by atoms with van der Waals surface area (Å²) in [5.74, 6) is -0.425. The Morgan fingerprint density at radius 2 is 1.42 bits per heavy atom. The van der Waals surface area contributed by atoms with Gasteiger partial charge in [0, 0.05) is 41.8 Å². The number of amides is 3. The van der Waals surface area contributed by atoms with Crippen LogP contribution in [0.2, 0.25) is 0 Å². The molecule has 3 N–H and O–H groups in total. The Morgan fingerprint density at radius 1 is 0.758 bits per heavy atom. The average Bonchev–Trinajstić information content (AvgIpc) is 2.83. The van der Waals surface area contributed by atoms with Crippen molar-refractivity contribution in [1.82, 2.24) is 0 Å². The number of carbonyl (C=O) groups excluding carboxylic acids is 3. The minimum Gasteiger partial charge on any atom is -0.376 e. The molecule has 0 aliphatic carbocycles. The Morgan fingerprint density at radius 3 is 2.12 bits per heavy atom. The van der Waals surface area contributed by atoms with Gasteiger partial charge >= 0.3 is 0 Å². The third-order valence-corrected chi connectivity index (χ3v) is 4.94. The minimum absolute atomic E-state index is 0.0201. The van der Waals surface area contributed by atoms with E-state index in [2.05, 4.69) is 16.0 Å². The molecule has 0 aromatic heterocycles.